The number of hydrogen-bond acceptors (Lipinski definition) is 3. The van der Waals surface area contributed by atoms with Crippen molar-refractivity contribution in [2.45, 2.75) is 13.8 Å². The van der Waals surface area contributed by atoms with Crippen LogP contribution in [0.3, 0.4) is 0 Å². The van der Waals surface area contributed by atoms with E-state index >= 15 is 0 Å². The zero-order valence-electron chi connectivity index (χ0n) is 9.88. The SMILES string of the molecule is Cc1cc(C)nc(N=C(N)c2ccncc2)c1. The van der Waals surface area contributed by atoms with Crippen molar-refractivity contribution >= 4 is 11.7 Å². The predicted molar refractivity (Wildman–Crippen MR) is 68.3 cm³/mol. The molecule has 0 saturated heterocycles. The van der Waals surface area contributed by atoms with E-state index in [2.05, 4.69) is 15.0 Å². The number of pyridine rings is 2. The first-order chi connectivity index (χ1) is 8.15. The predicted octanol–water partition coefficient (Wildman–Crippen LogP) is 2.13. The van der Waals surface area contributed by atoms with Gasteiger partial charge < -0.3 is 5.73 Å². The molecule has 0 aliphatic carbocycles. The van der Waals surface area contributed by atoms with Crippen LogP contribution in [0.1, 0.15) is 16.8 Å². The smallest absolute Gasteiger partial charge is 0.154 e. The molecular formula is C13H14N4. The number of amidine groups is 1. The number of nitrogens with zero attached hydrogens (tertiary/aromatic N) is 3. The minimum absolute atomic E-state index is 0.449. The van der Waals surface area contributed by atoms with Gasteiger partial charge in [0.05, 0.1) is 0 Å². The molecule has 2 aromatic heterocycles. The van der Waals surface area contributed by atoms with Gasteiger partial charge in [0, 0.05) is 23.7 Å². The van der Waals surface area contributed by atoms with Gasteiger partial charge in [0.15, 0.2) is 5.82 Å². The lowest BCUT2D eigenvalue weighted by Gasteiger charge is -2.02. The lowest BCUT2D eigenvalue weighted by molar-refractivity contribution is 1.15. The summed E-state index contributed by atoms with van der Waals surface area (Å²) in [5.41, 5.74) is 8.82. The highest BCUT2D eigenvalue weighted by atomic mass is 15.0. The van der Waals surface area contributed by atoms with Crippen molar-refractivity contribution in [3.05, 3.63) is 53.5 Å². The zero-order chi connectivity index (χ0) is 12.3. The first-order valence-electron chi connectivity index (χ1n) is 5.35. The van der Waals surface area contributed by atoms with Gasteiger partial charge in [-0.25, -0.2) is 9.98 Å². The van der Waals surface area contributed by atoms with E-state index in [-0.39, 0.29) is 0 Å². The number of aliphatic imine (C=N–C) groups is 1. The zero-order valence-corrected chi connectivity index (χ0v) is 9.88. The van der Waals surface area contributed by atoms with Gasteiger partial charge in [-0.2, -0.15) is 0 Å². The van der Waals surface area contributed by atoms with E-state index in [4.69, 9.17) is 5.73 Å². The van der Waals surface area contributed by atoms with Crippen molar-refractivity contribution < 1.29 is 0 Å². The average Bonchev–Trinajstić information content (AvgIpc) is 2.28. The molecule has 2 rings (SSSR count). The third kappa shape index (κ3) is 2.87. The lowest BCUT2D eigenvalue weighted by atomic mass is 10.2. The maximum absolute atomic E-state index is 5.91. The van der Waals surface area contributed by atoms with Crippen LogP contribution in [0, 0.1) is 13.8 Å². The molecule has 0 aliphatic rings. The third-order valence-corrected chi connectivity index (χ3v) is 2.30. The molecule has 0 radical (unpaired) electrons. The lowest BCUT2D eigenvalue weighted by Crippen LogP contribution is -2.12. The van der Waals surface area contributed by atoms with Gasteiger partial charge in [0.1, 0.15) is 5.84 Å². The topological polar surface area (TPSA) is 64.2 Å². The number of aryl methyl sites for hydroxylation is 2. The van der Waals surface area contributed by atoms with Crippen LogP contribution in [0.4, 0.5) is 5.82 Å². The Hall–Kier alpha value is -2.23. The van der Waals surface area contributed by atoms with Gasteiger partial charge in [-0.15, -0.1) is 0 Å². The fourth-order valence-corrected chi connectivity index (χ4v) is 1.59. The normalized spacial score (nSPS) is 11.5. The van der Waals surface area contributed by atoms with E-state index in [1.807, 2.05) is 38.1 Å². The van der Waals surface area contributed by atoms with Crippen LogP contribution in [-0.2, 0) is 0 Å². The Labute approximate surface area is 100 Å². The molecule has 2 N–H and O–H groups in total. The highest BCUT2D eigenvalue weighted by Gasteiger charge is 2.00. The number of aromatic nitrogens is 2. The minimum atomic E-state index is 0.449. The molecule has 0 bridgehead atoms. The van der Waals surface area contributed by atoms with Crippen LogP contribution in [0.2, 0.25) is 0 Å². The van der Waals surface area contributed by atoms with E-state index in [0.717, 1.165) is 16.8 Å². The molecule has 0 atom stereocenters. The van der Waals surface area contributed by atoms with Gasteiger partial charge in [-0.05, 0) is 43.7 Å². The summed E-state index contributed by atoms with van der Waals surface area (Å²) in [6.07, 6.45) is 3.37. The summed E-state index contributed by atoms with van der Waals surface area (Å²) < 4.78 is 0. The van der Waals surface area contributed by atoms with Gasteiger partial charge in [0.2, 0.25) is 0 Å². The van der Waals surface area contributed by atoms with Crippen molar-refractivity contribution in [2.24, 2.45) is 10.7 Å². The second kappa shape index (κ2) is 4.74. The van der Waals surface area contributed by atoms with Crippen molar-refractivity contribution in [2.75, 3.05) is 0 Å². The molecule has 0 amide bonds. The highest BCUT2D eigenvalue weighted by Crippen LogP contribution is 2.13. The molecule has 17 heavy (non-hydrogen) atoms. The molecule has 86 valence electrons. The first kappa shape index (κ1) is 11.3. The quantitative estimate of drug-likeness (QED) is 0.630. The molecule has 2 heterocycles. The van der Waals surface area contributed by atoms with Crippen LogP contribution < -0.4 is 5.73 Å². The molecule has 0 fully saturated rings. The van der Waals surface area contributed by atoms with E-state index in [1.54, 1.807) is 12.4 Å². The van der Waals surface area contributed by atoms with Crippen LogP contribution in [0.15, 0.2) is 41.7 Å². The van der Waals surface area contributed by atoms with E-state index in [1.165, 1.54) is 0 Å². The monoisotopic (exact) mass is 226 g/mol. The summed E-state index contributed by atoms with van der Waals surface area (Å²) in [7, 11) is 0. The molecule has 4 heteroatoms. The molecule has 0 unspecified atom stereocenters. The highest BCUT2D eigenvalue weighted by molar-refractivity contribution is 5.98. The van der Waals surface area contributed by atoms with Crippen LogP contribution in [0.5, 0.6) is 0 Å². The van der Waals surface area contributed by atoms with Crippen molar-refractivity contribution in [1.82, 2.24) is 9.97 Å². The number of hydrogen-bond donors (Lipinski definition) is 1. The summed E-state index contributed by atoms with van der Waals surface area (Å²) in [6, 6.07) is 7.55. The number of rotatable bonds is 2. The summed E-state index contributed by atoms with van der Waals surface area (Å²) in [5, 5.41) is 0. The van der Waals surface area contributed by atoms with Gasteiger partial charge in [-0.3, -0.25) is 4.98 Å². The standard InChI is InChI=1S/C13H14N4/c1-9-7-10(2)16-12(8-9)17-13(14)11-3-5-15-6-4-11/h3-8H,1-2H3,(H2,14,16,17). The van der Waals surface area contributed by atoms with E-state index in [0.29, 0.717) is 11.7 Å². The molecular weight excluding hydrogens is 212 g/mol. The average molecular weight is 226 g/mol. The number of nitrogens with two attached hydrogens (primary N) is 1. The van der Waals surface area contributed by atoms with Crippen LogP contribution in [-0.4, -0.2) is 15.8 Å². The van der Waals surface area contributed by atoms with Crippen molar-refractivity contribution in [1.29, 1.82) is 0 Å². The second-order valence-electron chi connectivity index (χ2n) is 3.88. The fraction of sp³-hybridized carbons (Fsp3) is 0.154. The Balaban J connectivity index is 2.36. The van der Waals surface area contributed by atoms with Gasteiger partial charge in [0.25, 0.3) is 0 Å². The first-order valence-corrected chi connectivity index (χ1v) is 5.35. The van der Waals surface area contributed by atoms with E-state index < -0.39 is 0 Å². The summed E-state index contributed by atoms with van der Waals surface area (Å²) in [5.74, 6) is 1.08. The van der Waals surface area contributed by atoms with Crippen LogP contribution >= 0.6 is 0 Å². The van der Waals surface area contributed by atoms with Gasteiger partial charge in [-0.1, -0.05) is 0 Å². The van der Waals surface area contributed by atoms with Gasteiger partial charge >= 0.3 is 0 Å². The Morgan fingerprint density at radius 2 is 1.88 bits per heavy atom. The summed E-state index contributed by atoms with van der Waals surface area (Å²) in [6.45, 7) is 3.95. The Morgan fingerprint density at radius 3 is 2.53 bits per heavy atom. The molecule has 4 nitrogen and oxygen atoms in total. The van der Waals surface area contributed by atoms with Crippen molar-refractivity contribution in [3.63, 3.8) is 0 Å². The maximum Gasteiger partial charge on any atom is 0.154 e. The molecule has 0 aliphatic heterocycles. The van der Waals surface area contributed by atoms with Crippen LogP contribution in [0.25, 0.3) is 0 Å². The molecule has 0 saturated carbocycles. The minimum Gasteiger partial charge on any atom is -0.383 e. The molecule has 0 aromatic carbocycles. The molecule has 2 aromatic rings. The summed E-state index contributed by atoms with van der Waals surface area (Å²) in [4.78, 5) is 12.6. The fourth-order valence-electron chi connectivity index (χ4n) is 1.59. The third-order valence-electron chi connectivity index (χ3n) is 2.30. The maximum atomic E-state index is 5.91. The Bertz CT molecular complexity index is 526. The Morgan fingerprint density at radius 1 is 1.18 bits per heavy atom. The largest absolute Gasteiger partial charge is 0.383 e. The second-order valence-corrected chi connectivity index (χ2v) is 3.88. The molecule has 0 spiro atoms. The van der Waals surface area contributed by atoms with E-state index in [9.17, 15) is 0 Å². The van der Waals surface area contributed by atoms with Crippen molar-refractivity contribution in [3.8, 4) is 0 Å². The summed E-state index contributed by atoms with van der Waals surface area (Å²) >= 11 is 0. The Kier molecular flexibility index (Phi) is 3.14.